The summed E-state index contributed by atoms with van der Waals surface area (Å²) in [7, 11) is 0. The van der Waals surface area contributed by atoms with Gasteiger partial charge >= 0.3 is 6.09 Å². The van der Waals surface area contributed by atoms with Gasteiger partial charge in [-0.2, -0.15) is 0 Å². The maximum atomic E-state index is 12.0. The molecule has 0 N–H and O–H groups in total. The van der Waals surface area contributed by atoms with Crippen molar-refractivity contribution in [3.8, 4) is 0 Å². The number of nitrogens with zero attached hydrogens (tertiary/aromatic N) is 3. The lowest BCUT2D eigenvalue weighted by Crippen LogP contribution is -2.35. The highest BCUT2D eigenvalue weighted by molar-refractivity contribution is 6.30. The van der Waals surface area contributed by atoms with Gasteiger partial charge in [-0.3, -0.25) is 0 Å². The highest BCUT2D eigenvalue weighted by Gasteiger charge is 2.30. The predicted molar refractivity (Wildman–Crippen MR) is 76.7 cm³/mol. The van der Waals surface area contributed by atoms with Crippen molar-refractivity contribution in [1.29, 1.82) is 0 Å². The number of carbonyl (C=O) groups is 1. The fourth-order valence-corrected chi connectivity index (χ4v) is 2.29. The molecule has 0 aliphatic carbocycles. The molecule has 1 aliphatic rings. The number of aromatic nitrogens is 2. The number of hydrogen-bond acceptors (Lipinski definition) is 4. The molecule has 0 radical (unpaired) electrons. The van der Waals surface area contributed by atoms with E-state index in [1.54, 1.807) is 17.3 Å². The average molecular weight is 298 g/mol. The molecule has 0 saturated carbocycles. The van der Waals surface area contributed by atoms with Crippen molar-refractivity contribution in [2.24, 2.45) is 5.92 Å². The van der Waals surface area contributed by atoms with E-state index in [0.717, 1.165) is 25.2 Å². The third kappa shape index (κ3) is 4.34. The van der Waals surface area contributed by atoms with Crippen molar-refractivity contribution in [1.82, 2.24) is 14.9 Å². The number of hydrogen-bond donors (Lipinski definition) is 0. The second-order valence-electron chi connectivity index (χ2n) is 6.10. The van der Waals surface area contributed by atoms with Crippen LogP contribution < -0.4 is 0 Å². The molecule has 0 aromatic carbocycles. The van der Waals surface area contributed by atoms with Gasteiger partial charge in [0.2, 0.25) is 0 Å². The molecule has 5 nitrogen and oxygen atoms in total. The van der Waals surface area contributed by atoms with Crippen LogP contribution in [0.1, 0.15) is 33.0 Å². The molecule has 1 aliphatic heterocycles. The summed E-state index contributed by atoms with van der Waals surface area (Å²) in [5.41, 5.74) is -0.450. The molecule has 1 fully saturated rings. The molecule has 0 spiro atoms. The van der Waals surface area contributed by atoms with Gasteiger partial charge < -0.3 is 9.64 Å². The summed E-state index contributed by atoms with van der Waals surface area (Å²) in [6, 6.07) is 0. The Morgan fingerprint density at radius 3 is 2.70 bits per heavy atom. The van der Waals surface area contributed by atoms with Gasteiger partial charge in [-0.05, 0) is 33.1 Å². The zero-order valence-corrected chi connectivity index (χ0v) is 12.9. The van der Waals surface area contributed by atoms with Crippen LogP contribution in [0.4, 0.5) is 4.79 Å². The number of halogens is 1. The van der Waals surface area contributed by atoms with E-state index in [4.69, 9.17) is 16.3 Å². The molecule has 2 rings (SSSR count). The molecule has 1 aromatic heterocycles. The van der Waals surface area contributed by atoms with Gasteiger partial charge in [0.05, 0.1) is 5.02 Å². The molecule has 2 heterocycles. The lowest BCUT2D eigenvalue weighted by atomic mass is 10.0. The minimum absolute atomic E-state index is 0.239. The number of likely N-dealkylation sites (tertiary alicyclic amines) is 1. The molecule has 1 atom stereocenters. The van der Waals surface area contributed by atoms with Crippen LogP contribution in [-0.2, 0) is 11.2 Å². The second kappa shape index (κ2) is 5.95. The summed E-state index contributed by atoms with van der Waals surface area (Å²) >= 11 is 5.76. The van der Waals surface area contributed by atoms with Gasteiger partial charge in [0.25, 0.3) is 0 Å². The van der Waals surface area contributed by atoms with E-state index in [1.165, 1.54) is 0 Å². The summed E-state index contributed by atoms with van der Waals surface area (Å²) in [5.74, 6) is 1.15. The van der Waals surface area contributed by atoms with Gasteiger partial charge in [0.1, 0.15) is 11.4 Å². The quantitative estimate of drug-likeness (QED) is 0.842. The van der Waals surface area contributed by atoms with Crippen LogP contribution in [0.2, 0.25) is 5.02 Å². The molecule has 110 valence electrons. The number of ether oxygens (including phenoxy) is 1. The maximum absolute atomic E-state index is 12.0. The first kappa shape index (κ1) is 15.0. The Morgan fingerprint density at radius 2 is 2.10 bits per heavy atom. The van der Waals surface area contributed by atoms with E-state index in [2.05, 4.69) is 9.97 Å². The van der Waals surface area contributed by atoms with Crippen LogP contribution in [0.3, 0.4) is 0 Å². The second-order valence-corrected chi connectivity index (χ2v) is 6.54. The first-order valence-electron chi connectivity index (χ1n) is 6.78. The zero-order valence-electron chi connectivity index (χ0n) is 12.1. The van der Waals surface area contributed by atoms with E-state index >= 15 is 0 Å². The molecule has 1 aromatic rings. The lowest BCUT2D eigenvalue weighted by Gasteiger charge is -2.24. The fraction of sp³-hybridized carbons (Fsp3) is 0.643. The third-order valence-corrected chi connectivity index (χ3v) is 3.28. The van der Waals surface area contributed by atoms with E-state index < -0.39 is 5.60 Å². The Hall–Kier alpha value is -1.36. The minimum Gasteiger partial charge on any atom is -0.444 e. The van der Waals surface area contributed by atoms with Crippen molar-refractivity contribution in [3.63, 3.8) is 0 Å². The summed E-state index contributed by atoms with van der Waals surface area (Å²) in [6.07, 6.45) is 4.67. The monoisotopic (exact) mass is 297 g/mol. The molecule has 0 unspecified atom stereocenters. The molecule has 6 heteroatoms. The van der Waals surface area contributed by atoms with Crippen LogP contribution in [-0.4, -0.2) is 39.7 Å². The fourth-order valence-electron chi connectivity index (χ4n) is 2.19. The molecular weight excluding hydrogens is 278 g/mol. The van der Waals surface area contributed by atoms with Gasteiger partial charge in [-0.1, -0.05) is 11.6 Å². The minimum atomic E-state index is -0.450. The van der Waals surface area contributed by atoms with Crippen LogP contribution >= 0.6 is 11.6 Å². The first-order chi connectivity index (χ1) is 9.33. The molecule has 20 heavy (non-hydrogen) atoms. The van der Waals surface area contributed by atoms with Crippen LogP contribution in [0.5, 0.6) is 0 Å². The summed E-state index contributed by atoms with van der Waals surface area (Å²) in [5, 5.41) is 0.538. The zero-order chi connectivity index (χ0) is 14.8. The maximum Gasteiger partial charge on any atom is 0.410 e. The van der Waals surface area contributed by atoms with Crippen molar-refractivity contribution in [2.75, 3.05) is 13.1 Å². The Balaban J connectivity index is 1.86. The Kier molecular flexibility index (Phi) is 4.48. The van der Waals surface area contributed by atoms with Gasteiger partial charge in [0.15, 0.2) is 0 Å². The van der Waals surface area contributed by atoms with Crippen molar-refractivity contribution in [3.05, 3.63) is 23.2 Å². The number of amides is 1. The molecule has 0 bridgehead atoms. The Labute approximate surface area is 124 Å². The van der Waals surface area contributed by atoms with Crippen molar-refractivity contribution < 1.29 is 9.53 Å². The van der Waals surface area contributed by atoms with E-state index in [0.29, 0.717) is 17.5 Å². The summed E-state index contributed by atoms with van der Waals surface area (Å²) in [4.78, 5) is 22.1. The van der Waals surface area contributed by atoms with E-state index in [1.807, 2.05) is 20.8 Å². The van der Waals surface area contributed by atoms with Gasteiger partial charge in [0, 0.05) is 31.9 Å². The van der Waals surface area contributed by atoms with Gasteiger partial charge in [-0.25, -0.2) is 14.8 Å². The van der Waals surface area contributed by atoms with Gasteiger partial charge in [-0.15, -0.1) is 0 Å². The topological polar surface area (TPSA) is 55.3 Å². The third-order valence-electron chi connectivity index (χ3n) is 3.08. The lowest BCUT2D eigenvalue weighted by molar-refractivity contribution is 0.0288. The normalized spacial score (nSPS) is 19.2. The molecule has 1 amide bonds. The molecular formula is C14H20ClN3O2. The highest BCUT2D eigenvalue weighted by Crippen LogP contribution is 2.22. The number of rotatable bonds is 2. The summed E-state index contributed by atoms with van der Waals surface area (Å²) < 4.78 is 5.37. The average Bonchev–Trinajstić information content (AvgIpc) is 2.79. The van der Waals surface area contributed by atoms with Crippen LogP contribution in [0, 0.1) is 5.92 Å². The Morgan fingerprint density at radius 1 is 1.45 bits per heavy atom. The first-order valence-corrected chi connectivity index (χ1v) is 7.15. The smallest absolute Gasteiger partial charge is 0.410 e. The predicted octanol–water partition coefficient (Wildman–Crippen LogP) is 2.93. The summed E-state index contributed by atoms with van der Waals surface area (Å²) in [6.45, 7) is 7.05. The standard InChI is InChI=1S/C14H20ClN3O2/c1-14(2,3)20-13(19)18-5-4-10(9-18)6-12-16-7-11(15)8-17-12/h7-8,10H,4-6,9H2,1-3H3/t10-/m1/s1. The Bertz CT molecular complexity index is 470. The SMILES string of the molecule is CC(C)(C)OC(=O)N1CC[C@H](Cc2ncc(Cl)cn2)C1. The van der Waals surface area contributed by atoms with Crippen molar-refractivity contribution >= 4 is 17.7 Å². The van der Waals surface area contributed by atoms with E-state index in [9.17, 15) is 4.79 Å². The number of carbonyl (C=O) groups excluding carboxylic acids is 1. The largest absolute Gasteiger partial charge is 0.444 e. The van der Waals surface area contributed by atoms with Crippen LogP contribution in [0.15, 0.2) is 12.4 Å². The van der Waals surface area contributed by atoms with E-state index in [-0.39, 0.29) is 6.09 Å². The van der Waals surface area contributed by atoms with Crippen molar-refractivity contribution in [2.45, 2.75) is 39.2 Å². The van der Waals surface area contributed by atoms with Crippen LogP contribution in [0.25, 0.3) is 0 Å². The highest BCUT2D eigenvalue weighted by atomic mass is 35.5. The molecule has 1 saturated heterocycles.